The average molecular weight is 554 g/mol. The summed E-state index contributed by atoms with van der Waals surface area (Å²) in [5.41, 5.74) is 2.76. The SMILES string of the molecule is COc1ccc(S(=O)(=O)NC(C)C)cc1NC(=O)c1ccc([C@H]2SCC(=O)N2CCc2ccccc2)cc1. The summed E-state index contributed by atoms with van der Waals surface area (Å²) >= 11 is 1.57. The lowest BCUT2D eigenvalue weighted by atomic mass is 10.1. The van der Waals surface area contributed by atoms with E-state index in [-0.39, 0.29) is 27.9 Å². The predicted octanol–water partition coefficient (Wildman–Crippen LogP) is 4.45. The van der Waals surface area contributed by atoms with Crippen LogP contribution >= 0.6 is 11.8 Å². The van der Waals surface area contributed by atoms with Crippen molar-refractivity contribution < 1.29 is 22.7 Å². The molecule has 1 heterocycles. The van der Waals surface area contributed by atoms with Gasteiger partial charge < -0.3 is 15.0 Å². The largest absolute Gasteiger partial charge is 0.495 e. The molecular formula is C28H31N3O5S2. The van der Waals surface area contributed by atoms with Crippen LogP contribution in [0.1, 0.15) is 40.7 Å². The van der Waals surface area contributed by atoms with E-state index in [1.54, 1.807) is 37.7 Å². The molecule has 1 aliphatic heterocycles. The van der Waals surface area contributed by atoms with E-state index in [0.717, 1.165) is 12.0 Å². The van der Waals surface area contributed by atoms with Gasteiger partial charge >= 0.3 is 0 Å². The number of anilines is 1. The molecule has 8 nitrogen and oxygen atoms in total. The van der Waals surface area contributed by atoms with Crippen LogP contribution in [0.2, 0.25) is 0 Å². The van der Waals surface area contributed by atoms with Crippen molar-refractivity contribution in [2.45, 2.75) is 36.6 Å². The number of amides is 2. The van der Waals surface area contributed by atoms with Gasteiger partial charge in [0, 0.05) is 18.2 Å². The molecule has 0 spiro atoms. The Morgan fingerprint density at radius 1 is 1.08 bits per heavy atom. The number of hydrogen-bond acceptors (Lipinski definition) is 6. The van der Waals surface area contributed by atoms with Crippen molar-refractivity contribution in [2.24, 2.45) is 0 Å². The lowest BCUT2D eigenvalue weighted by molar-refractivity contribution is -0.128. The highest BCUT2D eigenvalue weighted by Gasteiger charge is 2.32. The van der Waals surface area contributed by atoms with Gasteiger partial charge in [0.15, 0.2) is 0 Å². The van der Waals surface area contributed by atoms with Crippen LogP contribution in [-0.2, 0) is 21.2 Å². The molecule has 0 unspecified atom stereocenters. The van der Waals surface area contributed by atoms with E-state index in [1.165, 1.54) is 30.9 Å². The third kappa shape index (κ3) is 6.56. The minimum atomic E-state index is -3.75. The number of benzene rings is 3. The number of rotatable bonds is 10. The van der Waals surface area contributed by atoms with Gasteiger partial charge in [-0.3, -0.25) is 9.59 Å². The van der Waals surface area contributed by atoms with Crippen LogP contribution in [0.15, 0.2) is 77.7 Å². The zero-order chi connectivity index (χ0) is 27.3. The number of ether oxygens (including phenoxy) is 1. The van der Waals surface area contributed by atoms with Gasteiger partial charge in [0.2, 0.25) is 15.9 Å². The summed E-state index contributed by atoms with van der Waals surface area (Å²) in [5.74, 6) is 0.462. The number of nitrogens with zero attached hydrogens (tertiary/aromatic N) is 1. The van der Waals surface area contributed by atoms with Crippen molar-refractivity contribution in [3.8, 4) is 5.75 Å². The number of thioether (sulfide) groups is 1. The highest BCUT2D eigenvalue weighted by atomic mass is 32.2. The number of carbonyl (C=O) groups excluding carboxylic acids is 2. The van der Waals surface area contributed by atoms with Crippen LogP contribution in [0.25, 0.3) is 0 Å². The first-order chi connectivity index (χ1) is 18.2. The van der Waals surface area contributed by atoms with Gasteiger partial charge in [-0.25, -0.2) is 13.1 Å². The summed E-state index contributed by atoms with van der Waals surface area (Å²) < 4.78 is 33.0. The van der Waals surface area contributed by atoms with Gasteiger partial charge in [0.1, 0.15) is 11.1 Å². The van der Waals surface area contributed by atoms with Crippen LogP contribution in [0.3, 0.4) is 0 Å². The van der Waals surface area contributed by atoms with Crippen molar-refractivity contribution in [1.29, 1.82) is 0 Å². The molecule has 0 aliphatic carbocycles. The van der Waals surface area contributed by atoms with Crippen LogP contribution in [0.4, 0.5) is 5.69 Å². The molecule has 0 radical (unpaired) electrons. The van der Waals surface area contributed by atoms with E-state index in [2.05, 4.69) is 22.2 Å². The van der Waals surface area contributed by atoms with E-state index in [4.69, 9.17) is 4.74 Å². The van der Waals surface area contributed by atoms with Crippen molar-refractivity contribution >= 4 is 39.3 Å². The lowest BCUT2D eigenvalue weighted by Crippen LogP contribution is -2.30. The second kappa shape index (κ2) is 12.0. The Hall–Kier alpha value is -3.34. The fourth-order valence-electron chi connectivity index (χ4n) is 4.19. The van der Waals surface area contributed by atoms with Crippen LogP contribution in [0, 0.1) is 0 Å². The summed E-state index contributed by atoms with van der Waals surface area (Å²) in [7, 11) is -2.30. The summed E-state index contributed by atoms with van der Waals surface area (Å²) in [6.07, 6.45) is 0.771. The monoisotopic (exact) mass is 553 g/mol. The molecule has 2 amide bonds. The molecule has 2 N–H and O–H groups in total. The van der Waals surface area contributed by atoms with E-state index >= 15 is 0 Å². The maximum absolute atomic E-state index is 13.0. The van der Waals surface area contributed by atoms with Crippen molar-refractivity contribution in [3.05, 3.63) is 89.5 Å². The third-order valence-electron chi connectivity index (χ3n) is 6.03. The average Bonchev–Trinajstić information content (AvgIpc) is 3.27. The molecule has 10 heteroatoms. The molecule has 0 aromatic heterocycles. The van der Waals surface area contributed by atoms with Crippen LogP contribution in [0.5, 0.6) is 5.75 Å². The summed E-state index contributed by atoms with van der Waals surface area (Å²) in [6.45, 7) is 4.08. The Bertz CT molecular complexity index is 1390. The molecule has 1 saturated heterocycles. The zero-order valence-corrected chi connectivity index (χ0v) is 23.1. The Labute approximate surface area is 227 Å². The normalized spacial score (nSPS) is 15.6. The first kappa shape index (κ1) is 27.7. The summed E-state index contributed by atoms with van der Waals surface area (Å²) in [6, 6.07) is 21.2. The van der Waals surface area contributed by atoms with Crippen molar-refractivity contribution in [2.75, 3.05) is 24.7 Å². The molecule has 0 saturated carbocycles. The first-order valence-corrected chi connectivity index (χ1v) is 14.8. The quantitative estimate of drug-likeness (QED) is 0.384. The van der Waals surface area contributed by atoms with E-state index in [0.29, 0.717) is 23.6 Å². The van der Waals surface area contributed by atoms with Gasteiger partial charge in [0.05, 0.1) is 23.4 Å². The van der Waals surface area contributed by atoms with E-state index < -0.39 is 15.9 Å². The van der Waals surface area contributed by atoms with Gasteiger partial charge in [0.25, 0.3) is 5.91 Å². The van der Waals surface area contributed by atoms with E-state index in [1.807, 2.05) is 35.2 Å². The highest BCUT2D eigenvalue weighted by Crippen LogP contribution is 2.38. The standard InChI is InChI=1S/C28H31N3O5S2/c1-19(2)30-38(34,35)23-13-14-25(36-3)24(17-23)29-27(33)21-9-11-22(12-10-21)28-31(26(32)18-37-28)16-15-20-7-5-4-6-8-20/h4-14,17,19,28,30H,15-16,18H2,1-3H3,(H,29,33)/t28-/m1/s1. The molecule has 0 bridgehead atoms. The lowest BCUT2D eigenvalue weighted by Gasteiger charge is -2.24. The van der Waals surface area contributed by atoms with Gasteiger partial charge in [-0.1, -0.05) is 42.5 Å². The molecule has 38 heavy (non-hydrogen) atoms. The predicted molar refractivity (Wildman–Crippen MR) is 150 cm³/mol. The second-order valence-corrected chi connectivity index (χ2v) is 12.0. The molecule has 3 aromatic carbocycles. The highest BCUT2D eigenvalue weighted by molar-refractivity contribution is 8.00. The Morgan fingerprint density at radius 2 is 1.79 bits per heavy atom. The Balaban J connectivity index is 1.47. The van der Waals surface area contributed by atoms with E-state index in [9.17, 15) is 18.0 Å². The second-order valence-electron chi connectivity index (χ2n) is 9.20. The summed E-state index contributed by atoms with van der Waals surface area (Å²) in [5, 5.41) is 2.65. The molecule has 4 rings (SSSR count). The number of nitrogens with one attached hydrogen (secondary N) is 2. The van der Waals surface area contributed by atoms with Gasteiger partial charge in [-0.15, -0.1) is 11.8 Å². The van der Waals surface area contributed by atoms with Gasteiger partial charge in [-0.05, 0) is 61.7 Å². The number of hydrogen-bond donors (Lipinski definition) is 2. The van der Waals surface area contributed by atoms with Gasteiger partial charge in [-0.2, -0.15) is 0 Å². The summed E-state index contributed by atoms with van der Waals surface area (Å²) in [4.78, 5) is 27.5. The third-order valence-corrected chi connectivity index (χ3v) is 8.94. The minimum absolute atomic E-state index is 0.0242. The maximum atomic E-state index is 13.0. The molecule has 200 valence electrons. The molecular weight excluding hydrogens is 522 g/mol. The topological polar surface area (TPSA) is 105 Å². The zero-order valence-electron chi connectivity index (χ0n) is 21.5. The maximum Gasteiger partial charge on any atom is 0.255 e. The fraction of sp³-hybridized carbons (Fsp3) is 0.286. The number of carbonyl (C=O) groups is 2. The number of sulfonamides is 1. The van der Waals surface area contributed by atoms with Crippen molar-refractivity contribution in [3.63, 3.8) is 0 Å². The smallest absolute Gasteiger partial charge is 0.255 e. The van der Waals surface area contributed by atoms with Crippen LogP contribution < -0.4 is 14.8 Å². The Morgan fingerprint density at radius 3 is 2.45 bits per heavy atom. The molecule has 1 fully saturated rings. The van der Waals surface area contributed by atoms with Crippen molar-refractivity contribution in [1.82, 2.24) is 9.62 Å². The Kier molecular flexibility index (Phi) is 8.76. The first-order valence-electron chi connectivity index (χ1n) is 12.2. The fourth-order valence-corrected chi connectivity index (χ4v) is 6.69. The molecule has 1 aliphatic rings. The number of methoxy groups -OCH3 is 1. The minimum Gasteiger partial charge on any atom is -0.495 e. The molecule has 1 atom stereocenters. The van der Waals surface area contributed by atoms with Crippen LogP contribution in [-0.4, -0.2) is 50.6 Å². The molecule has 3 aromatic rings.